The largest absolute Gasteiger partial charge is 0.381 e. The lowest BCUT2D eigenvalue weighted by molar-refractivity contribution is -0.0698. The molecule has 0 aromatic heterocycles. The van der Waals surface area contributed by atoms with Crippen LogP contribution in [0, 0.1) is 5.41 Å². The molecule has 1 spiro atoms. The highest BCUT2D eigenvalue weighted by atomic mass is 16.5. The van der Waals surface area contributed by atoms with Crippen LogP contribution < -0.4 is 0 Å². The Morgan fingerprint density at radius 1 is 1.08 bits per heavy atom. The summed E-state index contributed by atoms with van der Waals surface area (Å²) in [6.07, 6.45) is 2.58. The molecule has 0 amide bonds. The van der Waals surface area contributed by atoms with Gasteiger partial charge in [0.2, 0.25) is 0 Å². The smallest absolute Gasteiger partial charge is 0.0472 e. The summed E-state index contributed by atoms with van der Waals surface area (Å²) in [5.41, 5.74) is 0.674. The van der Waals surface area contributed by atoms with Crippen LogP contribution in [-0.2, 0) is 4.74 Å². The fourth-order valence-corrected chi connectivity index (χ4v) is 2.22. The summed E-state index contributed by atoms with van der Waals surface area (Å²) in [6.45, 7) is 8.59. The number of hydrogen-bond donors (Lipinski definition) is 0. The standard InChI is InChI=1S/C8H15NO.C2H6/c1-9-6-8(7-9)2-4-10-5-3-8;1-2/h2-7H2,1H3;1-2H3. The van der Waals surface area contributed by atoms with Crippen LogP contribution >= 0.6 is 0 Å². The number of ether oxygens (including phenoxy) is 1. The lowest BCUT2D eigenvalue weighted by atomic mass is 9.74. The van der Waals surface area contributed by atoms with Gasteiger partial charge in [0.05, 0.1) is 0 Å². The molecule has 0 atom stereocenters. The first kappa shape index (κ1) is 10.0. The van der Waals surface area contributed by atoms with E-state index in [0.717, 1.165) is 13.2 Å². The average Bonchev–Trinajstić information content (AvgIpc) is 2.08. The summed E-state index contributed by atoms with van der Waals surface area (Å²) >= 11 is 0. The van der Waals surface area contributed by atoms with Crippen LogP contribution in [0.1, 0.15) is 26.7 Å². The van der Waals surface area contributed by atoms with E-state index in [9.17, 15) is 0 Å². The first-order valence-electron chi connectivity index (χ1n) is 5.07. The molecule has 0 aromatic rings. The quantitative estimate of drug-likeness (QED) is 0.550. The van der Waals surface area contributed by atoms with Crippen molar-refractivity contribution in [2.24, 2.45) is 5.41 Å². The third-order valence-electron chi connectivity index (χ3n) is 2.76. The maximum Gasteiger partial charge on any atom is 0.0472 e. The van der Waals surface area contributed by atoms with E-state index in [1.807, 2.05) is 13.8 Å². The summed E-state index contributed by atoms with van der Waals surface area (Å²) in [6, 6.07) is 0. The predicted octanol–water partition coefficient (Wildman–Crippen LogP) is 1.75. The average molecular weight is 171 g/mol. The molecule has 72 valence electrons. The second-order valence-corrected chi connectivity index (χ2v) is 3.78. The Kier molecular flexibility index (Phi) is 3.53. The van der Waals surface area contributed by atoms with Gasteiger partial charge >= 0.3 is 0 Å². The lowest BCUT2D eigenvalue weighted by Gasteiger charge is -2.50. The molecule has 0 bridgehead atoms. The minimum atomic E-state index is 0.674. The van der Waals surface area contributed by atoms with Crippen molar-refractivity contribution >= 4 is 0 Å². The number of nitrogens with zero attached hydrogens (tertiary/aromatic N) is 1. The van der Waals surface area contributed by atoms with Gasteiger partial charge in [0.1, 0.15) is 0 Å². The van der Waals surface area contributed by atoms with E-state index in [0.29, 0.717) is 5.41 Å². The van der Waals surface area contributed by atoms with Crippen molar-refractivity contribution in [3.05, 3.63) is 0 Å². The molecule has 2 heterocycles. The van der Waals surface area contributed by atoms with Crippen molar-refractivity contribution in [2.45, 2.75) is 26.7 Å². The van der Waals surface area contributed by atoms with Gasteiger partial charge in [-0.1, -0.05) is 13.8 Å². The Labute approximate surface area is 75.9 Å². The molecule has 2 heteroatoms. The Bertz CT molecular complexity index is 114. The third kappa shape index (κ3) is 1.99. The molecule has 2 nitrogen and oxygen atoms in total. The van der Waals surface area contributed by atoms with Gasteiger partial charge < -0.3 is 9.64 Å². The van der Waals surface area contributed by atoms with Gasteiger partial charge in [-0.25, -0.2) is 0 Å². The van der Waals surface area contributed by atoms with Crippen LogP contribution in [0.25, 0.3) is 0 Å². The van der Waals surface area contributed by atoms with Gasteiger partial charge in [0.15, 0.2) is 0 Å². The second-order valence-electron chi connectivity index (χ2n) is 3.78. The number of rotatable bonds is 0. The first-order valence-corrected chi connectivity index (χ1v) is 5.07. The van der Waals surface area contributed by atoms with E-state index in [4.69, 9.17) is 4.74 Å². The highest BCUT2D eigenvalue weighted by Crippen LogP contribution is 2.38. The molecule has 0 saturated carbocycles. The van der Waals surface area contributed by atoms with Gasteiger partial charge in [0.25, 0.3) is 0 Å². The van der Waals surface area contributed by atoms with Crippen molar-refractivity contribution < 1.29 is 4.74 Å². The summed E-state index contributed by atoms with van der Waals surface area (Å²) in [5, 5.41) is 0. The van der Waals surface area contributed by atoms with Crippen LogP contribution in [0.3, 0.4) is 0 Å². The topological polar surface area (TPSA) is 12.5 Å². The van der Waals surface area contributed by atoms with E-state index >= 15 is 0 Å². The predicted molar refractivity (Wildman–Crippen MR) is 51.3 cm³/mol. The summed E-state index contributed by atoms with van der Waals surface area (Å²) in [4.78, 5) is 2.39. The maximum atomic E-state index is 5.32. The van der Waals surface area contributed by atoms with Crippen molar-refractivity contribution in [1.29, 1.82) is 0 Å². The fraction of sp³-hybridized carbons (Fsp3) is 1.00. The highest BCUT2D eigenvalue weighted by molar-refractivity contribution is 4.94. The van der Waals surface area contributed by atoms with E-state index in [1.165, 1.54) is 25.9 Å². The summed E-state index contributed by atoms with van der Waals surface area (Å²) in [5.74, 6) is 0. The molecular weight excluding hydrogens is 150 g/mol. The number of likely N-dealkylation sites (tertiary alicyclic amines) is 1. The van der Waals surface area contributed by atoms with Gasteiger partial charge in [-0.15, -0.1) is 0 Å². The molecule has 0 radical (unpaired) electrons. The Morgan fingerprint density at radius 2 is 1.58 bits per heavy atom. The fourth-order valence-electron chi connectivity index (χ4n) is 2.22. The lowest BCUT2D eigenvalue weighted by Crippen LogP contribution is -2.56. The Balaban J connectivity index is 0.000000336. The molecule has 2 aliphatic rings. The molecule has 2 fully saturated rings. The monoisotopic (exact) mass is 171 g/mol. The van der Waals surface area contributed by atoms with Crippen molar-refractivity contribution in [3.63, 3.8) is 0 Å². The Hall–Kier alpha value is -0.0800. The molecule has 0 N–H and O–H groups in total. The SMILES string of the molecule is CC.CN1CC2(CCOCC2)C1. The van der Waals surface area contributed by atoms with E-state index < -0.39 is 0 Å². The van der Waals surface area contributed by atoms with Gasteiger partial charge in [-0.05, 0) is 19.9 Å². The van der Waals surface area contributed by atoms with E-state index in [1.54, 1.807) is 0 Å². The maximum absolute atomic E-state index is 5.32. The van der Waals surface area contributed by atoms with Crippen LogP contribution in [0.15, 0.2) is 0 Å². The van der Waals surface area contributed by atoms with Crippen LogP contribution in [0.5, 0.6) is 0 Å². The zero-order valence-corrected chi connectivity index (χ0v) is 8.60. The minimum Gasteiger partial charge on any atom is -0.381 e. The van der Waals surface area contributed by atoms with Crippen molar-refractivity contribution in [2.75, 3.05) is 33.4 Å². The summed E-state index contributed by atoms with van der Waals surface area (Å²) in [7, 11) is 2.20. The van der Waals surface area contributed by atoms with Crippen molar-refractivity contribution in [3.8, 4) is 0 Å². The van der Waals surface area contributed by atoms with Gasteiger partial charge in [0, 0.05) is 31.7 Å². The number of hydrogen-bond acceptors (Lipinski definition) is 2. The summed E-state index contributed by atoms with van der Waals surface area (Å²) < 4.78 is 5.32. The van der Waals surface area contributed by atoms with Gasteiger partial charge in [-0.2, -0.15) is 0 Å². The molecular formula is C10H21NO. The molecule has 2 rings (SSSR count). The van der Waals surface area contributed by atoms with Crippen molar-refractivity contribution in [1.82, 2.24) is 4.90 Å². The van der Waals surface area contributed by atoms with Gasteiger partial charge in [-0.3, -0.25) is 0 Å². The minimum absolute atomic E-state index is 0.674. The third-order valence-corrected chi connectivity index (χ3v) is 2.76. The van der Waals surface area contributed by atoms with Crippen LogP contribution in [0.2, 0.25) is 0 Å². The van der Waals surface area contributed by atoms with E-state index in [-0.39, 0.29) is 0 Å². The second kappa shape index (κ2) is 4.24. The molecule has 0 aromatic carbocycles. The zero-order chi connectivity index (χ0) is 9.03. The normalized spacial score (nSPS) is 27.2. The molecule has 2 aliphatic heterocycles. The Morgan fingerprint density at radius 3 is 2.00 bits per heavy atom. The van der Waals surface area contributed by atoms with Crippen LogP contribution in [0.4, 0.5) is 0 Å². The van der Waals surface area contributed by atoms with E-state index in [2.05, 4.69) is 11.9 Å². The van der Waals surface area contributed by atoms with Crippen LogP contribution in [-0.4, -0.2) is 38.3 Å². The zero-order valence-electron chi connectivity index (χ0n) is 8.60. The first-order chi connectivity index (χ1) is 5.81. The highest BCUT2D eigenvalue weighted by Gasteiger charge is 2.41. The molecule has 0 aliphatic carbocycles. The molecule has 2 saturated heterocycles. The molecule has 12 heavy (non-hydrogen) atoms. The molecule has 0 unspecified atom stereocenters.